The van der Waals surface area contributed by atoms with Crippen LogP contribution in [0.1, 0.15) is 45.2 Å². The maximum Gasteiger partial charge on any atom is 0.126 e. The average molecular weight is 241 g/mol. The van der Waals surface area contributed by atoms with Crippen molar-refractivity contribution < 1.29 is 8.78 Å². The number of rotatable bonds is 6. The van der Waals surface area contributed by atoms with Gasteiger partial charge in [0, 0.05) is 12.1 Å². The molecule has 0 aromatic heterocycles. The Kier molecular flexibility index (Phi) is 5.56. The van der Waals surface area contributed by atoms with Crippen LogP contribution >= 0.6 is 0 Å². The zero-order valence-electron chi connectivity index (χ0n) is 10.8. The summed E-state index contributed by atoms with van der Waals surface area (Å²) in [7, 11) is 0. The van der Waals surface area contributed by atoms with E-state index in [1.165, 1.54) is 12.1 Å². The number of hydrogen-bond donors (Lipinski definition) is 1. The molecule has 0 amide bonds. The number of benzene rings is 1. The molecule has 0 bridgehead atoms. The molecule has 0 fully saturated rings. The monoisotopic (exact) mass is 241 g/mol. The second-order valence-corrected chi connectivity index (χ2v) is 4.52. The Morgan fingerprint density at radius 1 is 1.12 bits per heavy atom. The van der Waals surface area contributed by atoms with Gasteiger partial charge in [0.25, 0.3) is 0 Å². The molecule has 2 atom stereocenters. The van der Waals surface area contributed by atoms with Crippen molar-refractivity contribution in [2.45, 2.75) is 39.7 Å². The quantitative estimate of drug-likeness (QED) is 0.792. The highest BCUT2D eigenvalue weighted by Gasteiger charge is 2.18. The van der Waals surface area contributed by atoms with Gasteiger partial charge in [0.05, 0.1) is 0 Å². The maximum atomic E-state index is 13.2. The summed E-state index contributed by atoms with van der Waals surface area (Å²) in [5.74, 6) is -0.666. The normalized spacial score (nSPS) is 14.6. The molecule has 0 aliphatic carbocycles. The van der Waals surface area contributed by atoms with Crippen molar-refractivity contribution in [3.8, 4) is 0 Å². The first-order chi connectivity index (χ1) is 8.08. The molecule has 0 saturated heterocycles. The molecular formula is C14H21F2N. The Balaban J connectivity index is 2.94. The highest BCUT2D eigenvalue weighted by Crippen LogP contribution is 2.25. The molecule has 0 saturated carbocycles. The van der Waals surface area contributed by atoms with Crippen molar-refractivity contribution in [1.82, 2.24) is 5.32 Å². The molecule has 2 unspecified atom stereocenters. The van der Waals surface area contributed by atoms with E-state index in [1.54, 1.807) is 0 Å². The van der Waals surface area contributed by atoms with E-state index in [2.05, 4.69) is 26.1 Å². The topological polar surface area (TPSA) is 12.0 Å². The molecule has 1 aromatic carbocycles. The largest absolute Gasteiger partial charge is 0.310 e. The van der Waals surface area contributed by atoms with Crippen molar-refractivity contribution in [3.63, 3.8) is 0 Å². The van der Waals surface area contributed by atoms with Crippen LogP contribution in [0.25, 0.3) is 0 Å². The van der Waals surface area contributed by atoms with Crippen molar-refractivity contribution in [3.05, 3.63) is 35.4 Å². The van der Waals surface area contributed by atoms with E-state index in [4.69, 9.17) is 0 Å². The highest BCUT2D eigenvalue weighted by atomic mass is 19.1. The van der Waals surface area contributed by atoms with Gasteiger partial charge in [-0.2, -0.15) is 0 Å². The third-order valence-electron chi connectivity index (χ3n) is 3.07. The standard InChI is InChI=1S/C14H21F2N/c1-4-6-17-14(10(3)5-2)11-7-12(15)9-13(16)8-11/h7-10,14,17H,4-6H2,1-3H3. The molecule has 0 aliphatic heterocycles. The Hall–Kier alpha value is -0.960. The third-order valence-corrected chi connectivity index (χ3v) is 3.07. The molecule has 1 nitrogen and oxygen atoms in total. The molecule has 17 heavy (non-hydrogen) atoms. The lowest BCUT2D eigenvalue weighted by molar-refractivity contribution is 0.374. The Morgan fingerprint density at radius 3 is 2.18 bits per heavy atom. The van der Waals surface area contributed by atoms with Gasteiger partial charge in [-0.1, -0.05) is 27.2 Å². The summed E-state index contributed by atoms with van der Waals surface area (Å²) in [5.41, 5.74) is 0.699. The summed E-state index contributed by atoms with van der Waals surface area (Å²) in [6.07, 6.45) is 1.98. The van der Waals surface area contributed by atoms with Crippen LogP contribution in [0.3, 0.4) is 0 Å². The summed E-state index contributed by atoms with van der Waals surface area (Å²) in [6.45, 7) is 7.11. The minimum Gasteiger partial charge on any atom is -0.310 e. The fourth-order valence-electron chi connectivity index (χ4n) is 1.94. The van der Waals surface area contributed by atoms with Crippen LogP contribution in [0.15, 0.2) is 18.2 Å². The van der Waals surface area contributed by atoms with E-state index in [9.17, 15) is 8.78 Å². The molecule has 1 aromatic rings. The van der Waals surface area contributed by atoms with E-state index < -0.39 is 11.6 Å². The summed E-state index contributed by atoms with van der Waals surface area (Å²) in [6, 6.07) is 3.77. The predicted octanol–water partition coefficient (Wildman–Crippen LogP) is 4.05. The molecule has 0 spiro atoms. The van der Waals surface area contributed by atoms with Crippen LogP contribution in [-0.4, -0.2) is 6.54 Å². The van der Waals surface area contributed by atoms with Gasteiger partial charge >= 0.3 is 0 Å². The van der Waals surface area contributed by atoms with Gasteiger partial charge < -0.3 is 5.32 Å². The van der Waals surface area contributed by atoms with Crippen molar-refractivity contribution in [1.29, 1.82) is 0 Å². The van der Waals surface area contributed by atoms with Gasteiger partial charge in [-0.15, -0.1) is 0 Å². The number of halogens is 2. The molecule has 1 rings (SSSR count). The van der Waals surface area contributed by atoms with Crippen LogP contribution in [0, 0.1) is 17.6 Å². The molecule has 0 radical (unpaired) electrons. The highest BCUT2D eigenvalue weighted by molar-refractivity contribution is 5.22. The minimum atomic E-state index is -0.508. The van der Waals surface area contributed by atoms with Crippen molar-refractivity contribution in [2.75, 3.05) is 6.54 Å². The van der Waals surface area contributed by atoms with Gasteiger partial charge in [-0.25, -0.2) is 8.78 Å². The molecule has 3 heteroatoms. The third kappa shape index (κ3) is 4.08. The van der Waals surface area contributed by atoms with Crippen LogP contribution in [0.2, 0.25) is 0 Å². The molecule has 0 aliphatic rings. The van der Waals surface area contributed by atoms with Gasteiger partial charge in [-0.05, 0) is 36.6 Å². The van der Waals surface area contributed by atoms with E-state index in [1.807, 2.05) is 0 Å². The van der Waals surface area contributed by atoms with Gasteiger partial charge in [-0.3, -0.25) is 0 Å². The van der Waals surface area contributed by atoms with E-state index in [-0.39, 0.29) is 6.04 Å². The Bertz CT molecular complexity index is 332. The zero-order chi connectivity index (χ0) is 12.8. The van der Waals surface area contributed by atoms with E-state index in [0.29, 0.717) is 11.5 Å². The average Bonchev–Trinajstić information content (AvgIpc) is 2.28. The van der Waals surface area contributed by atoms with Crippen molar-refractivity contribution >= 4 is 0 Å². The maximum absolute atomic E-state index is 13.2. The predicted molar refractivity (Wildman–Crippen MR) is 66.8 cm³/mol. The van der Waals surface area contributed by atoms with Crippen LogP contribution in [0.5, 0.6) is 0 Å². The van der Waals surface area contributed by atoms with Crippen LogP contribution in [-0.2, 0) is 0 Å². The Labute approximate surface area is 102 Å². The lowest BCUT2D eigenvalue weighted by Gasteiger charge is -2.25. The molecule has 1 N–H and O–H groups in total. The summed E-state index contributed by atoms with van der Waals surface area (Å²) in [5, 5.41) is 3.36. The summed E-state index contributed by atoms with van der Waals surface area (Å²) in [4.78, 5) is 0. The fourth-order valence-corrected chi connectivity index (χ4v) is 1.94. The van der Waals surface area contributed by atoms with E-state index in [0.717, 1.165) is 25.5 Å². The lowest BCUT2D eigenvalue weighted by atomic mass is 9.92. The van der Waals surface area contributed by atoms with Gasteiger partial charge in [0.2, 0.25) is 0 Å². The molecular weight excluding hydrogens is 220 g/mol. The lowest BCUT2D eigenvalue weighted by Crippen LogP contribution is -2.27. The van der Waals surface area contributed by atoms with Crippen LogP contribution in [0.4, 0.5) is 8.78 Å². The summed E-state index contributed by atoms with van der Waals surface area (Å²) < 4.78 is 26.4. The smallest absolute Gasteiger partial charge is 0.126 e. The minimum absolute atomic E-state index is 0.0187. The molecule has 96 valence electrons. The number of hydrogen-bond acceptors (Lipinski definition) is 1. The second kappa shape index (κ2) is 6.70. The SMILES string of the molecule is CCCNC(c1cc(F)cc(F)c1)C(C)CC. The molecule has 0 heterocycles. The first-order valence-corrected chi connectivity index (χ1v) is 6.27. The summed E-state index contributed by atoms with van der Waals surface area (Å²) >= 11 is 0. The fraction of sp³-hybridized carbons (Fsp3) is 0.571. The Morgan fingerprint density at radius 2 is 1.71 bits per heavy atom. The first kappa shape index (κ1) is 14.1. The van der Waals surface area contributed by atoms with Crippen molar-refractivity contribution in [2.24, 2.45) is 5.92 Å². The number of nitrogens with one attached hydrogen (secondary N) is 1. The second-order valence-electron chi connectivity index (χ2n) is 4.52. The van der Waals surface area contributed by atoms with E-state index >= 15 is 0 Å². The first-order valence-electron chi connectivity index (χ1n) is 6.27. The van der Waals surface area contributed by atoms with Crippen LogP contribution < -0.4 is 5.32 Å². The van der Waals surface area contributed by atoms with Gasteiger partial charge in [0.1, 0.15) is 11.6 Å². The zero-order valence-corrected chi connectivity index (χ0v) is 10.8. The van der Waals surface area contributed by atoms with Gasteiger partial charge in [0.15, 0.2) is 0 Å².